The Morgan fingerprint density at radius 1 is 0.941 bits per heavy atom. The van der Waals surface area contributed by atoms with Gasteiger partial charge >= 0.3 is 0 Å². The summed E-state index contributed by atoms with van der Waals surface area (Å²) >= 11 is 7.88. The third-order valence-electron chi connectivity index (χ3n) is 5.02. The third-order valence-corrected chi connectivity index (χ3v) is 8.52. The molecule has 178 valence electrons. The van der Waals surface area contributed by atoms with E-state index in [0.717, 1.165) is 5.56 Å². The fraction of sp³-hybridized carbons (Fsp3) is 0.192. The number of allylic oxidation sites excluding steroid dienone is 1. The number of hydrogen-bond acceptors (Lipinski definition) is 5. The van der Waals surface area contributed by atoms with Gasteiger partial charge in [-0.25, -0.2) is 8.42 Å². The van der Waals surface area contributed by atoms with E-state index >= 15 is 0 Å². The molecule has 0 unspecified atom stereocenters. The molecule has 3 rings (SSSR count). The Morgan fingerprint density at radius 2 is 1.56 bits per heavy atom. The van der Waals surface area contributed by atoms with E-state index in [1.807, 2.05) is 48.6 Å². The van der Waals surface area contributed by atoms with Crippen molar-refractivity contribution in [3.63, 3.8) is 0 Å². The first-order valence-electron chi connectivity index (χ1n) is 10.5. The number of ether oxygens (including phenoxy) is 2. The average Bonchev–Trinajstić information content (AvgIpc) is 2.81. The Kier molecular flexibility index (Phi) is 8.78. The maximum Gasteiger partial charge on any atom is 0.205 e. The summed E-state index contributed by atoms with van der Waals surface area (Å²) in [6.07, 6.45) is 0. The van der Waals surface area contributed by atoms with Crippen molar-refractivity contribution in [3.8, 4) is 11.5 Å². The number of rotatable bonds is 9. The standard InChI is InChI=1S/C26H24ClIO5S/c1-4-33-22-14-11-20(15-23(22)32-3)24(28)26(25(29)19-9-12-21(27)13-10-19)34(30,31)16-18-7-5-17(2)6-8-18/h5-15H,4,16H2,1-3H3. The molecule has 0 atom stereocenters. The summed E-state index contributed by atoms with van der Waals surface area (Å²) in [5.74, 6) is 0.0811. The SMILES string of the molecule is CCOc1ccc(C(I)=C(C(=O)c2ccc(Cl)cc2)S(=O)(=O)Cc2ccc(C)cc2)cc1OC. The van der Waals surface area contributed by atoms with Gasteiger partial charge in [0.25, 0.3) is 0 Å². The number of methoxy groups -OCH3 is 1. The number of halogens is 2. The van der Waals surface area contributed by atoms with Gasteiger partial charge in [-0.05, 0) is 90.0 Å². The molecule has 0 saturated carbocycles. The Bertz CT molecular complexity index is 1310. The molecular formula is C26H24ClIO5S. The van der Waals surface area contributed by atoms with Crippen LogP contribution in [0.5, 0.6) is 11.5 Å². The molecule has 0 bridgehead atoms. The molecule has 0 saturated heterocycles. The van der Waals surface area contributed by atoms with E-state index in [1.54, 1.807) is 42.5 Å². The second kappa shape index (κ2) is 11.4. The van der Waals surface area contributed by atoms with Gasteiger partial charge in [0.1, 0.15) is 4.91 Å². The van der Waals surface area contributed by atoms with Gasteiger partial charge in [-0.1, -0.05) is 41.4 Å². The lowest BCUT2D eigenvalue weighted by Crippen LogP contribution is -2.17. The van der Waals surface area contributed by atoms with Crippen molar-refractivity contribution in [2.75, 3.05) is 13.7 Å². The fourth-order valence-electron chi connectivity index (χ4n) is 3.30. The van der Waals surface area contributed by atoms with Crippen molar-refractivity contribution in [3.05, 3.63) is 98.9 Å². The van der Waals surface area contributed by atoms with E-state index in [2.05, 4.69) is 0 Å². The summed E-state index contributed by atoms with van der Waals surface area (Å²) in [5, 5.41) is 0.454. The van der Waals surface area contributed by atoms with Gasteiger partial charge < -0.3 is 9.47 Å². The van der Waals surface area contributed by atoms with Crippen molar-refractivity contribution in [2.45, 2.75) is 19.6 Å². The van der Waals surface area contributed by atoms with Gasteiger partial charge in [0, 0.05) is 14.2 Å². The van der Waals surface area contributed by atoms with Gasteiger partial charge in [-0.3, -0.25) is 4.79 Å². The summed E-state index contributed by atoms with van der Waals surface area (Å²) in [5.41, 5.74) is 2.38. The highest BCUT2D eigenvalue weighted by Crippen LogP contribution is 2.37. The Morgan fingerprint density at radius 3 is 2.15 bits per heavy atom. The minimum Gasteiger partial charge on any atom is -0.493 e. The van der Waals surface area contributed by atoms with Gasteiger partial charge in [0.15, 0.2) is 21.3 Å². The van der Waals surface area contributed by atoms with Crippen molar-refractivity contribution >= 4 is 53.4 Å². The number of sulfone groups is 1. The highest BCUT2D eigenvalue weighted by atomic mass is 127. The number of benzene rings is 3. The molecule has 0 N–H and O–H groups in total. The van der Waals surface area contributed by atoms with Gasteiger partial charge in [-0.2, -0.15) is 0 Å². The fourth-order valence-corrected chi connectivity index (χ4v) is 6.58. The van der Waals surface area contributed by atoms with Gasteiger partial charge in [-0.15, -0.1) is 0 Å². The minimum absolute atomic E-state index is 0.235. The summed E-state index contributed by atoms with van der Waals surface area (Å²) < 4.78 is 38.6. The Balaban J connectivity index is 2.17. The summed E-state index contributed by atoms with van der Waals surface area (Å²) in [7, 11) is -2.51. The number of carbonyl (C=O) groups is 1. The predicted octanol–water partition coefficient (Wildman–Crippen LogP) is 6.66. The van der Waals surface area contributed by atoms with E-state index in [4.69, 9.17) is 21.1 Å². The third kappa shape index (κ3) is 6.20. The van der Waals surface area contributed by atoms with Crippen molar-refractivity contribution in [2.24, 2.45) is 0 Å². The van der Waals surface area contributed by atoms with E-state index in [0.29, 0.717) is 37.8 Å². The van der Waals surface area contributed by atoms with E-state index in [-0.39, 0.29) is 16.2 Å². The Hall–Kier alpha value is -2.36. The van der Waals surface area contributed by atoms with Crippen LogP contribution in [-0.2, 0) is 15.6 Å². The molecule has 3 aromatic carbocycles. The largest absolute Gasteiger partial charge is 0.493 e. The van der Waals surface area contributed by atoms with Crippen LogP contribution in [0.1, 0.15) is 34.0 Å². The van der Waals surface area contributed by atoms with E-state index < -0.39 is 15.6 Å². The lowest BCUT2D eigenvalue weighted by molar-refractivity contribution is 0.104. The first-order chi connectivity index (χ1) is 16.2. The molecule has 5 nitrogen and oxygen atoms in total. The number of carbonyl (C=O) groups excluding carboxylic acids is 1. The normalized spacial score (nSPS) is 12.1. The van der Waals surface area contributed by atoms with Gasteiger partial charge in [0.2, 0.25) is 5.78 Å². The number of ketones is 1. The predicted molar refractivity (Wildman–Crippen MR) is 145 cm³/mol. The highest BCUT2D eigenvalue weighted by molar-refractivity contribution is 14.1. The molecule has 0 radical (unpaired) electrons. The van der Waals surface area contributed by atoms with Crippen LogP contribution in [0.3, 0.4) is 0 Å². The molecule has 3 aromatic rings. The molecule has 8 heteroatoms. The van der Waals surface area contributed by atoms with Crippen LogP contribution in [-0.4, -0.2) is 27.9 Å². The zero-order chi connectivity index (χ0) is 24.9. The van der Waals surface area contributed by atoms with Crippen LogP contribution >= 0.6 is 34.2 Å². The maximum absolute atomic E-state index is 13.6. The van der Waals surface area contributed by atoms with Crippen LogP contribution in [0.15, 0.2) is 71.6 Å². The highest BCUT2D eigenvalue weighted by Gasteiger charge is 2.30. The second-order valence-electron chi connectivity index (χ2n) is 7.52. The average molecular weight is 611 g/mol. The first-order valence-corrected chi connectivity index (χ1v) is 13.6. The van der Waals surface area contributed by atoms with Crippen LogP contribution in [0.2, 0.25) is 5.02 Å². The van der Waals surface area contributed by atoms with Crippen molar-refractivity contribution in [1.82, 2.24) is 0 Å². The van der Waals surface area contributed by atoms with Crippen molar-refractivity contribution < 1.29 is 22.7 Å². The molecular weight excluding hydrogens is 587 g/mol. The number of hydrogen-bond donors (Lipinski definition) is 0. The lowest BCUT2D eigenvalue weighted by Gasteiger charge is -2.15. The first kappa shape index (κ1) is 26.2. The molecule has 0 aliphatic rings. The van der Waals surface area contributed by atoms with E-state index in [1.165, 1.54) is 19.2 Å². The molecule has 0 fully saturated rings. The molecule has 0 aliphatic heterocycles. The topological polar surface area (TPSA) is 69.7 Å². The van der Waals surface area contributed by atoms with Crippen LogP contribution in [0, 0.1) is 6.92 Å². The second-order valence-corrected chi connectivity index (χ2v) is 11.0. The maximum atomic E-state index is 13.6. The monoisotopic (exact) mass is 610 g/mol. The zero-order valence-corrected chi connectivity index (χ0v) is 22.7. The number of Topliss-reactive ketones (excluding diaryl/α,β-unsaturated/α-hetero) is 1. The molecule has 0 amide bonds. The lowest BCUT2D eigenvalue weighted by atomic mass is 10.1. The minimum atomic E-state index is -4.02. The molecule has 0 aromatic heterocycles. The summed E-state index contributed by atoms with van der Waals surface area (Å²) in [6, 6.07) is 18.5. The molecule has 0 aliphatic carbocycles. The smallest absolute Gasteiger partial charge is 0.205 e. The van der Waals surface area contributed by atoms with Gasteiger partial charge in [0.05, 0.1) is 19.5 Å². The summed E-state index contributed by atoms with van der Waals surface area (Å²) in [6.45, 7) is 4.24. The molecule has 0 spiro atoms. The zero-order valence-electron chi connectivity index (χ0n) is 19.0. The van der Waals surface area contributed by atoms with E-state index in [9.17, 15) is 13.2 Å². The van der Waals surface area contributed by atoms with Crippen LogP contribution < -0.4 is 9.47 Å². The molecule has 34 heavy (non-hydrogen) atoms. The number of aryl methyl sites for hydroxylation is 1. The molecule has 0 heterocycles. The quantitative estimate of drug-likeness (QED) is 0.154. The van der Waals surface area contributed by atoms with Crippen molar-refractivity contribution in [1.29, 1.82) is 0 Å². The Labute approximate surface area is 218 Å². The van der Waals surface area contributed by atoms with Crippen LogP contribution in [0.25, 0.3) is 3.58 Å². The van der Waals surface area contributed by atoms with Crippen LogP contribution in [0.4, 0.5) is 0 Å². The summed E-state index contributed by atoms with van der Waals surface area (Å²) in [4.78, 5) is 13.3.